The fourth-order valence-corrected chi connectivity index (χ4v) is 3.04. The maximum absolute atomic E-state index is 12.5. The molecule has 1 amide bonds. The number of fused-ring (bicyclic) bond motifs is 1. The van der Waals surface area contributed by atoms with E-state index in [1.165, 1.54) is 5.56 Å². The summed E-state index contributed by atoms with van der Waals surface area (Å²) in [6.07, 6.45) is 1.91. The van der Waals surface area contributed by atoms with Gasteiger partial charge in [-0.1, -0.05) is 32.0 Å². The summed E-state index contributed by atoms with van der Waals surface area (Å²) in [5.41, 5.74) is 3.09. The fraction of sp³-hybridized carbons (Fsp3) is 0.273. The molecule has 5 nitrogen and oxygen atoms in total. The van der Waals surface area contributed by atoms with Crippen molar-refractivity contribution in [1.29, 1.82) is 0 Å². The van der Waals surface area contributed by atoms with Gasteiger partial charge >= 0.3 is 5.97 Å². The lowest BCUT2D eigenvalue weighted by atomic mass is 10.0. The van der Waals surface area contributed by atoms with Crippen molar-refractivity contribution in [1.82, 2.24) is 4.57 Å². The summed E-state index contributed by atoms with van der Waals surface area (Å²) in [6, 6.07) is 15.2. The van der Waals surface area contributed by atoms with E-state index >= 15 is 0 Å². The molecule has 0 aliphatic heterocycles. The van der Waals surface area contributed by atoms with Crippen molar-refractivity contribution >= 4 is 28.5 Å². The highest BCUT2D eigenvalue weighted by Crippen LogP contribution is 2.23. The molecule has 0 aliphatic carbocycles. The predicted octanol–water partition coefficient (Wildman–Crippen LogP) is 4.58. The van der Waals surface area contributed by atoms with Crippen molar-refractivity contribution in [3.63, 3.8) is 0 Å². The quantitative estimate of drug-likeness (QED) is 0.651. The number of para-hydroxylation sites is 1. The molecule has 0 saturated carbocycles. The molecule has 0 fully saturated rings. The van der Waals surface area contributed by atoms with Crippen LogP contribution in [0.25, 0.3) is 10.9 Å². The Kier molecular flexibility index (Phi) is 5.60. The maximum Gasteiger partial charge on any atom is 0.340 e. The van der Waals surface area contributed by atoms with E-state index in [9.17, 15) is 9.59 Å². The summed E-state index contributed by atoms with van der Waals surface area (Å²) in [4.78, 5) is 24.6. The van der Waals surface area contributed by atoms with E-state index in [4.69, 9.17) is 4.74 Å². The molecular formula is C22H24N2O3. The van der Waals surface area contributed by atoms with Gasteiger partial charge in [0.15, 0.2) is 0 Å². The highest BCUT2D eigenvalue weighted by Gasteiger charge is 2.14. The fourth-order valence-electron chi connectivity index (χ4n) is 3.04. The van der Waals surface area contributed by atoms with Crippen LogP contribution in [-0.2, 0) is 16.1 Å². The smallest absolute Gasteiger partial charge is 0.340 e. The number of carbonyl (C=O) groups is 2. The summed E-state index contributed by atoms with van der Waals surface area (Å²) in [7, 11) is 0. The summed E-state index contributed by atoms with van der Waals surface area (Å²) in [6.45, 7) is 6.52. The standard InChI is InChI=1S/C22H24N2O3/c1-4-27-22(26)18-7-5-6-8-19(18)23-21(25)14-24-12-11-17-13-16(15(2)3)9-10-20(17)24/h5-13,15H,4,14H2,1-3H3,(H,23,25). The van der Waals surface area contributed by atoms with Crippen LogP contribution in [0.1, 0.15) is 42.6 Å². The zero-order valence-electron chi connectivity index (χ0n) is 15.9. The van der Waals surface area contributed by atoms with Gasteiger partial charge in [0, 0.05) is 11.7 Å². The van der Waals surface area contributed by atoms with Gasteiger partial charge in [-0.2, -0.15) is 0 Å². The van der Waals surface area contributed by atoms with Crippen molar-refractivity contribution in [3.8, 4) is 0 Å². The summed E-state index contributed by atoms with van der Waals surface area (Å²) >= 11 is 0. The van der Waals surface area contributed by atoms with Crippen molar-refractivity contribution in [3.05, 3.63) is 65.9 Å². The van der Waals surface area contributed by atoms with Gasteiger partial charge < -0.3 is 14.6 Å². The first-order chi connectivity index (χ1) is 13.0. The Hall–Kier alpha value is -3.08. The number of benzene rings is 2. The van der Waals surface area contributed by atoms with Gasteiger partial charge in [-0.15, -0.1) is 0 Å². The number of hydrogen-bond donors (Lipinski definition) is 1. The van der Waals surface area contributed by atoms with Gasteiger partial charge in [0.25, 0.3) is 0 Å². The van der Waals surface area contributed by atoms with Gasteiger partial charge in [0.2, 0.25) is 5.91 Å². The second-order valence-corrected chi connectivity index (χ2v) is 6.73. The van der Waals surface area contributed by atoms with Crippen LogP contribution in [0.3, 0.4) is 0 Å². The average molecular weight is 364 g/mol. The van der Waals surface area contributed by atoms with E-state index in [-0.39, 0.29) is 19.1 Å². The molecule has 1 aromatic heterocycles. The van der Waals surface area contributed by atoms with E-state index in [0.717, 1.165) is 10.9 Å². The lowest BCUT2D eigenvalue weighted by Gasteiger charge is -2.11. The second-order valence-electron chi connectivity index (χ2n) is 6.73. The molecule has 0 radical (unpaired) electrons. The van der Waals surface area contributed by atoms with Crippen molar-refractivity contribution in [2.75, 3.05) is 11.9 Å². The Labute approximate surface area is 158 Å². The molecule has 0 atom stereocenters. The number of aromatic nitrogens is 1. The van der Waals surface area contributed by atoms with Crippen LogP contribution in [0.5, 0.6) is 0 Å². The minimum atomic E-state index is -0.443. The monoisotopic (exact) mass is 364 g/mol. The summed E-state index contributed by atoms with van der Waals surface area (Å²) in [5.74, 6) is -0.182. The molecule has 0 unspecified atom stereocenters. The molecule has 1 N–H and O–H groups in total. The number of rotatable bonds is 6. The number of nitrogens with zero attached hydrogens (tertiary/aromatic N) is 1. The van der Waals surface area contributed by atoms with Crippen LogP contribution >= 0.6 is 0 Å². The lowest BCUT2D eigenvalue weighted by Crippen LogP contribution is -2.20. The zero-order valence-corrected chi connectivity index (χ0v) is 15.9. The van der Waals surface area contributed by atoms with E-state index in [1.54, 1.807) is 31.2 Å². The average Bonchev–Trinajstić information content (AvgIpc) is 3.04. The molecule has 3 rings (SSSR count). The molecule has 3 aromatic rings. The Morgan fingerprint density at radius 3 is 2.63 bits per heavy atom. The first-order valence-corrected chi connectivity index (χ1v) is 9.14. The molecule has 2 aromatic carbocycles. The predicted molar refractivity (Wildman–Crippen MR) is 107 cm³/mol. The number of esters is 1. The normalized spacial score (nSPS) is 11.0. The van der Waals surface area contributed by atoms with Crippen LogP contribution in [0.4, 0.5) is 5.69 Å². The van der Waals surface area contributed by atoms with E-state index in [1.807, 2.05) is 22.9 Å². The van der Waals surface area contributed by atoms with E-state index in [0.29, 0.717) is 17.2 Å². The summed E-state index contributed by atoms with van der Waals surface area (Å²) < 4.78 is 6.95. The topological polar surface area (TPSA) is 60.3 Å². The number of carbonyl (C=O) groups excluding carboxylic acids is 2. The molecule has 140 valence electrons. The summed E-state index contributed by atoms with van der Waals surface area (Å²) in [5, 5.41) is 3.93. The third-order valence-corrected chi connectivity index (χ3v) is 4.47. The Morgan fingerprint density at radius 2 is 1.89 bits per heavy atom. The van der Waals surface area contributed by atoms with Crippen LogP contribution in [0.2, 0.25) is 0 Å². The largest absolute Gasteiger partial charge is 0.462 e. The molecule has 0 aliphatic rings. The molecule has 5 heteroatoms. The van der Waals surface area contributed by atoms with Crippen molar-refractivity contribution in [2.45, 2.75) is 33.2 Å². The molecular weight excluding hydrogens is 340 g/mol. The highest BCUT2D eigenvalue weighted by molar-refractivity contribution is 6.01. The number of anilines is 1. The number of hydrogen-bond acceptors (Lipinski definition) is 3. The number of nitrogens with one attached hydrogen (secondary N) is 1. The molecule has 27 heavy (non-hydrogen) atoms. The number of ether oxygens (including phenoxy) is 1. The maximum atomic E-state index is 12.5. The van der Waals surface area contributed by atoms with Crippen LogP contribution in [0.15, 0.2) is 54.7 Å². The molecule has 0 spiro atoms. The van der Waals surface area contributed by atoms with Gasteiger partial charge in [-0.05, 0) is 54.1 Å². The third kappa shape index (κ3) is 4.19. The Bertz CT molecular complexity index is 973. The minimum absolute atomic E-state index is 0.168. The van der Waals surface area contributed by atoms with E-state index < -0.39 is 5.97 Å². The van der Waals surface area contributed by atoms with Gasteiger partial charge in [-0.25, -0.2) is 4.79 Å². The molecule has 1 heterocycles. The lowest BCUT2D eigenvalue weighted by molar-refractivity contribution is -0.116. The first kappa shape index (κ1) is 18.7. The first-order valence-electron chi connectivity index (χ1n) is 9.14. The molecule has 0 saturated heterocycles. The highest BCUT2D eigenvalue weighted by atomic mass is 16.5. The molecule has 0 bridgehead atoms. The van der Waals surface area contributed by atoms with Crippen LogP contribution in [-0.4, -0.2) is 23.1 Å². The van der Waals surface area contributed by atoms with Crippen LogP contribution < -0.4 is 5.32 Å². The van der Waals surface area contributed by atoms with Crippen molar-refractivity contribution in [2.24, 2.45) is 0 Å². The van der Waals surface area contributed by atoms with Gasteiger partial charge in [-0.3, -0.25) is 4.79 Å². The minimum Gasteiger partial charge on any atom is -0.462 e. The van der Waals surface area contributed by atoms with Gasteiger partial charge in [0.05, 0.1) is 17.9 Å². The third-order valence-electron chi connectivity index (χ3n) is 4.47. The van der Waals surface area contributed by atoms with Gasteiger partial charge in [0.1, 0.15) is 6.54 Å². The van der Waals surface area contributed by atoms with Crippen LogP contribution in [0, 0.1) is 0 Å². The van der Waals surface area contributed by atoms with E-state index in [2.05, 4.69) is 31.3 Å². The SMILES string of the molecule is CCOC(=O)c1ccccc1NC(=O)Cn1ccc2cc(C(C)C)ccc21. The number of amides is 1. The Balaban J connectivity index is 1.77. The Morgan fingerprint density at radius 1 is 1.11 bits per heavy atom. The zero-order chi connectivity index (χ0) is 19.4. The second kappa shape index (κ2) is 8.08. The van der Waals surface area contributed by atoms with Crippen molar-refractivity contribution < 1.29 is 14.3 Å².